The molecule has 2 atom stereocenters. The van der Waals surface area contributed by atoms with Crippen LogP contribution >= 0.6 is 0 Å². The van der Waals surface area contributed by atoms with Crippen molar-refractivity contribution in [2.24, 2.45) is 5.14 Å². The Kier molecular flexibility index (Phi) is 6.51. The highest BCUT2D eigenvalue weighted by molar-refractivity contribution is 7.89. The summed E-state index contributed by atoms with van der Waals surface area (Å²) in [5.74, 6) is -1.90. The van der Waals surface area contributed by atoms with Crippen LogP contribution in [0.4, 0.5) is 0 Å². The number of carbonyl (C=O) groups is 2. The second-order valence-corrected chi connectivity index (χ2v) is 9.47. The second kappa shape index (κ2) is 9.54. The Hall–Kier alpha value is -4.26. The van der Waals surface area contributed by atoms with Crippen LogP contribution in [0.5, 0.6) is 0 Å². The number of sulfonamides is 1. The first-order chi connectivity index (χ1) is 16.8. The molecule has 1 amide bonds. The summed E-state index contributed by atoms with van der Waals surface area (Å²) in [5.41, 5.74) is 1.14. The summed E-state index contributed by atoms with van der Waals surface area (Å²) >= 11 is 0. The Morgan fingerprint density at radius 2 is 1.40 bits per heavy atom. The van der Waals surface area contributed by atoms with E-state index in [1.165, 1.54) is 23.1 Å². The normalized spacial score (nSPS) is 17.8. The Balaban J connectivity index is 2.14. The van der Waals surface area contributed by atoms with Gasteiger partial charge in [0.25, 0.3) is 0 Å². The van der Waals surface area contributed by atoms with Crippen LogP contribution in [0.2, 0.25) is 0 Å². The number of primary sulfonamides is 1. The number of carbonyl (C=O) groups excluding carboxylic acids is 1. The molecule has 0 saturated carbocycles. The molecule has 35 heavy (non-hydrogen) atoms. The summed E-state index contributed by atoms with van der Waals surface area (Å²) in [6.07, 6.45) is -0.482. The Morgan fingerprint density at radius 3 is 1.91 bits per heavy atom. The van der Waals surface area contributed by atoms with E-state index in [1.807, 2.05) is 6.07 Å². The number of nitrogens with zero attached hydrogens (tertiary/aromatic N) is 2. The number of nitrogens with two attached hydrogens (primary N) is 1. The zero-order valence-electron chi connectivity index (χ0n) is 18.4. The number of carboxylic acid groups (broad SMARTS) is 1. The summed E-state index contributed by atoms with van der Waals surface area (Å²) < 4.78 is 25.0. The smallest absolute Gasteiger partial charge is 0.334 e. The maximum absolute atomic E-state index is 13.4. The van der Waals surface area contributed by atoms with Crippen molar-refractivity contribution in [3.8, 4) is 6.07 Å². The molecule has 0 fully saturated rings. The lowest BCUT2D eigenvalue weighted by Crippen LogP contribution is -2.35. The number of carboxylic acids is 1. The lowest BCUT2D eigenvalue weighted by atomic mass is 9.90. The van der Waals surface area contributed by atoms with Crippen molar-refractivity contribution >= 4 is 27.5 Å². The van der Waals surface area contributed by atoms with Crippen LogP contribution in [0.15, 0.2) is 95.4 Å². The summed E-state index contributed by atoms with van der Waals surface area (Å²) in [6, 6.07) is 22.9. The first kappa shape index (κ1) is 23.9. The molecular weight excluding hydrogens is 466 g/mol. The standard InChI is InChI=1S/C26H21N3O5S/c27-16-15-21(30)29-24(17-9-3-1-4-10-17)22(19-13-7-8-14-20(19)35(28,33)34)23(26(31)32)25(29)18-11-5-2-6-12-18/h1-14,24-25H,15H2,(H,31,32)(H2,28,33,34). The number of hydrogen-bond acceptors (Lipinski definition) is 5. The van der Waals surface area contributed by atoms with Crippen LogP contribution in [0.3, 0.4) is 0 Å². The molecule has 0 radical (unpaired) electrons. The van der Waals surface area contributed by atoms with E-state index in [0.29, 0.717) is 11.1 Å². The van der Waals surface area contributed by atoms with Gasteiger partial charge in [0.1, 0.15) is 6.42 Å². The average molecular weight is 488 g/mol. The summed E-state index contributed by atoms with van der Waals surface area (Å²) in [7, 11) is -4.24. The second-order valence-electron chi connectivity index (χ2n) is 7.94. The predicted octanol–water partition coefficient (Wildman–Crippen LogP) is 3.41. The van der Waals surface area contributed by atoms with Gasteiger partial charge in [0, 0.05) is 11.1 Å². The molecular formula is C26H21N3O5S. The fraction of sp³-hybridized carbons (Fsp3) is 0.115. The zero-order valence-corrected chi connectivity index (χ0v) is 19.2. The highest BCUT2D eigenvalue weighted by Crippen LogP contribution is 2.53. The number of nitriles is 1. The summed E-state index contributed by atoms with van der Waals surface area (Å²) in [6.45, 7) is 0. The first-order valence-electron chi connectivity index (χ1n) is 10.6. The third-order valence-corrected chi connectivity index (χ3v) is 6.83. The van der Waals surface area contributed by atoms with Gasteiger partial charge >= 0.3 is 5.97 Å². The first-order valence-corrected chi connectivity index (χ1v) is 12.2. The van der Waals surface area contributed by atoms with Gasteiger partial charge in [-0.05, 0) is 17.2 Å². The van der Waals surface area contributed by atoms with E-state index in [9.17, 15) is 28.4 Å². The highest BCUT2D eigenvalue weighted by Gasteiger charge is 2.48. The van der Waals surface area contributed by atoms with Gasteiger partial charge < -0.3 is 10.0 Å². The van der Waals surface area contributed by atoms with Crippen LogP contribution in [0, 0.1) is 11.3 Å². The zero-order chi connectivity index (χ0) is 25.2. The minimum absolute atomic E-state index is 0.0921. The number of hydrogen-bond donors (Lipinski definition) is 2. The van der Waals surface area contributed by atoms with Crippen molar-refractivity contribution in [1.82, 2.24) is 4.90 Å². The Labute approximate surface area is 202 Å². The molecule has 0 bridgehead atoms. The van der Waals surface area contributed by atoms with E-state index in [4.69, 9.17) is 5.14 Å². The van der Waals surface area contributed by atoms with Gasteiger partial charge in [-0.15, -0.1) is 0 Å². The van der Waals surface area contributed by atoms with Crippen molar-refractivity contribution < 1.29 is 23.1 Å². The average Bonchev–Trinajstić information content (AvgIpc) is 3.21. The van der Waals surface area contributed by atoms with Crippen LogP contribution in [0.1, 0.15) is 35.2 Å². The number of rotatable bonds is 6. The molecule has 8 nitrogen and oxygen atoms in total. The molecule has 3 aromatic carbocycles. The van der Waals surface area contributed by atoms with E-state index in [0.717, 1.165) is 0 Å². The van der Waals surface area contributed by atoms with Crippen molar-refractivity contribution in [3.63, 3.8) is 0 Å². The maximum Gasteiger partial charge on any atom is 0.334 e. The van der Waals surface area contributed by atoms with Gasteiger partial charge in [0.2, 0.25) is 15.9 Å². The molecule has 2 unspecified atom stereocenters. The molecule has 0 aromatic heterocycles. The van der Waals surface area contributed by atoms with E-state index in [2.05, 4.69) is 0 Å². The number of amides is 1. The molecule has 3 aromatic rings. The van der Waals surface area contributed by atoms with Gasteiger partial charge in [0.05, 0.1) is 28.6 Å². The van der Waals surface area contributed by atoms with Crippen molar-refractivity contribution in [2.45, 2.75) is 23.4 Å². The molecule has 1 aliphatic heterocycles. The van der Waals surface area contributed by atoms with Crippen molar-refractivity contribution in [3.05, 3.63) is 107 Å². The SMILES string of the molecule is N#CCC(=O)N1C(c2ccccc2)C(C(=O)O)=C(c2ccccc2S(N)(=O)=O)C1c1ccccc1. The van der Waals surface area contributed by atoms with Crippen LogP contribution < -0.4 is 5.14 Å². The third kappa shape index (κ3) is 4.45. The molecule has 9 heteroatoms. The lowest BCUT2D eigenvalue weighted by Gasteiger charge is -2.32. The molecule has 4 rings (SSSR count). The molecule has 3 N–H and O–H groups in total. The van der Waals surface area contributed by atoms with Gasteiger partial charge in [-0.1, -0.05) is 78.9 Å². The fourth-order valence-electron chi connectivity index (χ4n) is 4.56. The van der Waals surface area contributed by atoms with E-state index in [1.54, 1.807) is 66.7 Å². The molecule has 0 spiro atoms. The monoisotopic (exact) mass is 487 g/mol. The van der Waals surface area contributed by atoms with Crippen LogP contribution in [0.25, 0.3) is 5.57 Å². The number of benzene rings is 3. The quantitative estimate of drug-likeness (QED) is 0.546. The molecule has 1 heterocycles. The van der Waals surface area contributed by atoms with E-state index >= 15 is 0 Å². The minimum Gasteiger partial charge on any atom is -0.478 e. The topological polar surface area (TPSA) is 142 Å². The van der Waals surface area contributed by atoms with E-state index in [-0.39, 0.29) is 21.6 Å². The van der Waals surface area contributed by atoms with E-state index < -0.39 is 40.4 Å². The molecule has 0 aliphatic carbocycles. The summed E-state index contributed by atoms with van der Waals surface area (Å²) in [4.78, 5) is 27.3. The van der Waals surface area contributed by atoms with Gasteiger partial charge in [0.15, 0.2) is 0 Å². The van der Waals surface area contributed by atoms with Crippen molar-refractivity contribution in [2.75, 3.05) is 0 Å². The van der Waals surface area contributed by atoms with Gasteiger partial charge in [-0.2, -0.15) is 5.26 Å². The highest BCUT2D eigenvalue weighted by atomic mass is 32.2. The molecule has 1 aliphatic rings. The molecule has 0 saturated heterocycles. The summed E-state index contributed by atoms with van der Waals surface area (Å²) in [5, 5.41) is 25.2. The fourth-order valence-corrected chi connectivity index (χ4v) is 5.31. The lowest BCUT2D eigenvalue weighted by molar-refractivity contribution is -0.135. The maximum atomic E-state index is 13.4. The third-order valence-electron chi connectivity index (χ3n) is 5.86. The van der Waals surface area contributed by atoms with Gasteiger partial charge in [-0.25, -0.2) is 18.4 Å². The van der Waals surface area contributed by atoms with Gasteiger partial charge in [-0.3, -0.25) is 4.79 Å². The Bertz CT molecular complexity index is 1460. The van der Waals surface area contributed by atoms with Crippen LogP contribution in [-0.4, -0.2) is 30.3 Å². The largest absolute Gasteiger partial charge is 0.478 e. The molecule has 176 valence electrons. The Morgan fingerprint density at radius 1 is 0.886 bits per heavy atom. The number of aliphatic carboxylic acids is 1. The minimum atomic E-state index is -4.24. The van der Waals surface area contributed by atoms with Crippen molar-refractivity contribution in [1.29, 1.82) is 5.26 Å². The van der Waals surface area contributed by atoms with Crippen LogP contribution in [-0.2, 0) is 19.6 Å². The predicted molar refractivity (Wildman–Crippen MR) is 128 cm³/mol.